The molecule has 0 N–H and O–H groups in total. The van der Waals surface area contributed by atoms with Crippen molar-refractivity contribution >= 4 is 28.1 Å². The van der Waals surface area contributed by atoms with Crippen molar-refractivity contribution in [3.8, 4) is 11.5 Å². The number of methoxy groups -OCH3 is 3. The van der Waals surface area contributed by atoms with Crippen LogP contribution in [0.1, 0.15) is 5.56 Å². The van der Waals surface area contributed by atoms with Crippen LogP contribution in [0, 0.1) is 0 Å². The van der Waals surface area contributed by atoms with E-state index in [1.54, 1.807) is 18.2 Å². The minimum atomic E-state index is -4.06. The highest BCUT2D eigenvalue weighted by atomic mass is 32.2. The maximum absolute atomic E-state index is 12.4. The zero-order valence-corrected chi connectivity index (χ0v) is 16.2. The molecule has 0 spiro atoms. The van der Waals surface area contributed by atoms with Crippen molar-refractivity contribution in [1.82, 2.24) is 0 Å². The normalized spacial score (nSPS) is 10.5. The molecule has 0 saturated carbocycles. The van der Waals surface area contributed by atoms with E-state index >= 15 is 0 Å². The van der Waals surface area contributed by atoms with E-state index in [0.717, 1.165) is 14.2 Å². The monoisotopic (exact) mass is 406 g/mol. The van der Waals surface area contributed by atoms with Crippen LogP contribution < -0.4 is 8.92 Å². The molecule has 0 bridgehead atoms. The van der Waals surface area contributed by atoms with Gasteiger partial charge in [-0.15, -0.1) is 0 Å². The third-order valence-corrected chi connectivity index (χ3v) is 4.79. The Kier molecular flexibility index (Phi) is 6.78. The second kappa shape index (κ2) is 9.05. The summed E-state index contributed by atoms with van der Waals surface area (Å²) in [5.41, 5.74) is 0.0322. The van der Waals surface area contributed by atoms with Crippen LogP contribution in [0.3, 0.4) is 0 Å². The van der Waals surface area contributed by atoms with Crippen LogP contribution in [0.15, 0.2) is 59.0 Å². The van der Waals surface area contributed by atoms with Gasteiger partial charge in [-0.3, -0.25) is 0 Å². The van der Waals surface area contributed by atoms with E-state index in [1.807, 2.05) is 0 Å². The first-order valence-corrected chi connectivity index (χ1v) is 9.29. The van der Waals surface area contributed by atoms with Crippen LogP contribution in [-0.4, -0.2) is 41.7 Å². The average Bonchev–Trinajstić information content (AvgIpc) is 2.72. The van der Waals surface area contributed by atoms with E-state index in [4.69, 9.17) is 8.92 Å². The molecule has 0 aliphatic heterocycles. The highest BCUT2D eigenvalue weighted by Gasteiger charge is 2.21. The maximum atomic E-state index is 12.4. The molecule has 0 aliphatic carbocycles. The lowest BCUT2D eigenvalue weighted by Crippen LogP contribution is -2.15. The number of esters is 2. The van der Waals surface area contributed by atoms with Crippen LogP contribution in [-0.2, 0) is 29.2 Å². The molecule has 9 heteroatoms. The van der Waals surface area contributed by atoms with E-state index in [9.17, 15) is 18.0 Å². The van der Waals surface area contributed by atoms with Gasteiger partial charge in [0.15, 0.2) is 11.5 Å². The number of benzene rings is 2. The molecule has 0 atom stereocenters. The molecule has 0 fully saturated rings. The number of carbonyl (C=O) groups excluding carboxylic acids is 2. The topological polar surface area (TPSA) is 105 Å². The van der Waals surface area contributed by atoms with Gasteiger partial charge in [-0.2, -0.15) is 8.42 Å². The summed E-state index contributed by atoms with van der Waals surface area (Å²) in [6.45, 7) is 0. The first-order valence-electron chi connectivity index (χ1n) is 7.88. The molecule has 0 unspecified atom stereocenters. The first-order chi connectivity index (χ1) is 13.3. The zero-order chi connectivity index (χ0) is 20.7. The highest BCUT2D eigenvalue weighted by Crippen LogP contribution is 2.31. The van der Waals surface area contributed by atoms with Gasteiger partial charge in [0.2, 0.25) is 0 Å². The lowest BCUT2D eigenvalue weighted by Gasteiger charge is -2.11. The van der Waals surface area contributed by atoms with Gasteiger partial charge in [0.1, 0.15) is 10.5 Å². The summed E-state index contributed by atoms with van der Waals surface area (Å²) < 4.78 is 44.2. The lowest BCUT2D eigenvalue weighted by molar-refractivity contribution is -0.143. The van der Waals surface area contributed by atoms with Crippen molar-refractivity contribution in [3.05, 3.63) is 59.7 Å². The number of rotatable bonds is 7. The SMILES string of the molecule is COC(=O)C(=Cc1ccc(OS(=O)(=O)c2ccccc2)c(OC)c1)C(=O)OC. The van der Waals surface area contributed by atoms with Crippen molar-refractivity contribution < 1.29 is 36.4 Å². The fourth-order valence-corrected chi connectivity index (χ4v) is 3.14. The van der Waals surface area contributed by atoms with Gasteiger partial charge in [-0.25, -0.2) is 9.59 Å². The standard InChI is InChI=1S/C19H18O8S/c1-24-17-12-13(11-15(18(20)25-2)19(21)26-3)9-10-16(17)27-28(22,23)14-7-5-4-6-8-14/h4-12H,1-3H3. The minimum Gasteiger partial charge on any atom is -0.493 e. The number of ether oxygens (including phenoxy) is 3. The average molecular weight is 406 g/mol. The minimum absolute atomic E-state index is 0.0142. The van der Waals surface area contributed by atoms with Gasteiger partial charge >= 0.3 is 22.1 Å². The van der Waals surface area contributed by atoms with Gasteiger partial charge in [0.25, 0.3) is 0 Å². The van der Waals surface area contributed by atoms with Gasteiger partial charge in [0, 0.05) is 0 Å². The fraction of sp³-hybridized carbons (Fsp3) is 0.158. The Bertz CT molecular complexity index is 976. The summed E-state index contributed by atoms with van der Waals surface area (Å²) in [5.74, 6) is -1.72. The van der Waals surface area contributed by atoms with Crippen molar-refractivity contribution in [1.29, 1.82) is 0 Å². The lowest BCUT2D eigenvalue weighted by atomic mass is 10.1. The van der Waals surface area contributed by atoms with Gasteiger partial charge in [0.05, 0.1) is 21.3 Å². The molecular weight excluding hydrogens is 388 g/mol. The summed E-state index contributed by atoms with van der Waals surface area (Å²) in [4.78, 5) is 23.5. The van der Waals surface area contributed by atoms with Gasteiger partial charge in [-0.1, -0.05) is 24.3 Å². The molecule has 148 valence electrons. The van der Waals surface area contributed by atoms with E-state index in [0.29, 0.717) is 5.56 Å². The predicted octanol–water partition coefficient (Wildman–Crippen LogP) is 2.19. The Hall–Kier alpha value is -3.33. The molecular formula is C19H18O8S. The molecule has 0 heterocycles. The Morgan fingerprint density at radius 2 is 1.46 bits per heavy atom. The smallest absolute Gasteiger partial charge is 0.345 e. The van der Waals surface area contributed by atoms with E-state index in [2.05, 4.69) is 9.47 Å². The highest BCUT2D eigenvalue weighted by molar-refractivity contribution is 7.87. The van der Waals surface area contributed by atoms with Crippen LogP contribution in [0.5, 0.6) is 11.5 Å². The number of carbonyl (C=O) groups is 2. The third-order valence-electron chi connectivity index (χ3n) is 3.54. The van der Waals surface area contributed by atoms with Crippen LogP contribution in [0.25, 0.3) is 6.08 Å². The van der Waals surface area contributed by atoms with Crippen molar-refractivity contribution in [2.24, 2.45) is 0 Å². The summed E-state index contributed by atoms with van der Waals surface area (Å²) in [7, 11) is -0.474. The molecule has 2 rings (SSSR count). The molecule has 0 amide bonds. The molecule has 0 saturated heterocycles. The summed E-state index contributed by atoms with van der Waals surface area (Å²) in [6.07, 6.45) is 1.23. The Balaban J connectivity index is 2.40. The fourth-order valence-electron chi connectivity index (χ4n) is 2.18. The molecule has 28 heavy (non-hydrogen) atoms. The third kappa shape index (κ3) is 4.89. The number of hydrogen-bond donors (Lipinski definition) is 0. The van der Waals surface area contributed by atoms with Gasteiger partial charge < -0.3 is 18.4 Å². The Morgan fingerprint density at radius 3 is 2.00 bits per heavy atom. The quantitative estimate of drug-likeness (QED) is 0.227. The Morgan fingerprint density at radius 1 is 0.857 bits per heavy atom. The van der Waals surface area contributed by atoms with Crippen molar-refractivity contribution in [3.63, 3.8) is 0 Å². The van der Waals surface area contributed by atoms with Crippen molar-refractivity contribution in [2.75, 3.05) is 21.3 Å². The molecule has 2 aromatic carbocycles. The first kappa shape index (κ1) is 21.0. The zero-order valence-electron chi connectivity index (χ0n) is 15.4. The molecule has 0 aliphatic rings. The summed E-state index contributed by atoms with van der Waals surface area (Å²) in [5, 5.41) is 0. The molecule has 8 nitrogen and oxygen atoms in total. The predicted molar refractivity (Wildman–Crippen MR) is 99.3 cm³/mol. The van der Waals surface area contributed by atoms with E-state index in [1.165, 1.54) is 43.5 Å². The van der Waals surface area contributed by atoms with E-state index < -0.39 is 22.1 Å². The van der Waals surface area contributed by atoms with Gasteiger partial charge in [-0.05, 0) is 35.9 Å². The maximum Gasteiger partial charge on any atom is 0.345 e. The second-order valence-electron chi connectivity index (χ2n) is 5.30. The van der Waals surface area contributed by atoms with Crippen LogP contribution in [0.2, 0.25) is 0 Å². The Labute approximate surface area is 162 Å². The van der Waals surface area contributed by atoms with Crippen LogP contribution in [0.4, 0.5) is 0 Å². The number of hydrogen-bond acceptors (Lipinski definition) is 8. The van der Waals surface area contributed by atoms with E-state index in [-0.39, 0.29) is 22.0 Å². The second-order valence-corrected chi connectivity index (χ2v) is 6.85. The summed E-state index contributed by atoms with van der Waals surface area (Å²) in [6, 6.07) is 11.8. The molecule has 2 aromatic rings. The summed E-state index contributed by atoms with van der Waals surface area (Å²) >= 11 is 0. The largest absolute Gasteiger partial charge is 0.493 e. The van der Waals surface area contributed by atoms with Crippen LogP contribution >= 0.6 is 0 Å². The molecule has 0 aromatic heterocycles. The molecule has 0 radical (unpaired) electrons. The van der Waals surface area contributed by atoms with Crippen molar-refractivity contribution in [2.45, 2.75) is 4.90 Å².